The highest BCUT2D eigenvalue weighted by molar-refractivity contribution is 9.10. The number of carboxylic acids is 1. The van der Waals surface area contributed by atoms with Gasteiger partial charge in [0, 0.05) is 8.95 Å². The second kappa shape index (κ2) is 6.36. The molecule has 0 bridgehead atoms. The Morgan fingerprint density at radius 1 is 1.10 bits per heavy atom. The van der Waals surface area contributed by atoms with Crippen molar-refractivity contribution >= 4 is 49.4 Å². The lowest BCUT2D eigenvalue weighted by Crippen LogP contribution is -2.14. The van der Waals surface area contributed by atoms with Crippen LogP contribution in [0.25, 0.3) is 0 Å². The van der Waals surface area contributed by atoms with Gasteiger partial charge in [-0.15, -0.1) is 0 Å². The molecule has 0 spiro atoms. The predicted octanol–water partition coefficient (Wildman–Crippen LogP) is 4.30. The molecule has 0 saturated heterocycles. The number of anilines is 1. The topological polar surface area (TPSA) is 66.4 Å². The quantitative estimate of drug-likeness (QED) is 0.783. The molecule has 108 valence electrons. The minimum absolute atomic E-state index is 0.0183. The summed E-state index contributed by atoms with van der Waals surface area (Å²) in [7, 11) is 0. The predicted molar refractivity (Wildman–Crippen MR) is 83.2 cm³/mol. The molecule has 0 aliphatic carbocycles. The zero-order valence-corrected chi connectivity index (χ0v) is 13.5. The Bertz CT molecular complexity index is 734. The van der Waals surface area contributed by atoms with Crippen LogP contribution in [0.4, 0.5) is 10.1 Å². The molecule has 2 N–H and O–H groups in total. The third kappa shape index (κ3) is 3.68. The summed E-state index contributed by atoms with van der Waals surface area (Å²) in [6, 6.07) is 8.24. The number of nitrogens with one attached hydrogen (secondary N) is 1. The van der Waals surface area contributed by atoms with Gasteiger partial charge in [0.2, 0.25) is 0 Å². The molecule has 7 heteroatoms. The van der Waals surface area contributed by atoms with Crippen molar-refractivity contribution < 1.29 is 19.1 Å². The van der Waals surface area contributed by atoms with Gasteiger partial charge in [0.15, 0.2) is 0 Å². The molecule has 2 rings (SSSR count). The smallest absolute Gasteiger partial charge is 0.335 e. The number of carbonyl (C=O) groups excluding carboxylic acids is 1. The monoisotopic (exact) mass is 415 g/mol. The molecule has 2 aromatic rings. The van der Waals surface area contributed by atoms with Gasteiger partial charge in [0.1, 0.15) is 5.82 Å². The van der Waals surface area contributed by atoms with Crippen molar-refractivity contribution in [3.63, 3.8) is 0 Å². The lowest BCUT2D eigenvalue weighted by atomic mass is 10.1. The number of rotatable bonds is 3. The number of carboxylic acid groups (broad SMARTS) is 1. The number of hydrogen-bond acceptors (Lipinski definition) is 2. The van der Waals surface area contributed by atoms with Crippen LogP contribution in [-0.4, -0.2) is 17.0 Å². The van der Waals surface area contributed by atoms with E-state index in [9.17, 15) is 14.0 Å². The molecule has 0 atom stereocenters. The van der Waals surface area contributed by atoms with Gasteiger partial charge in [-0.1, -0.05) is 15.9 Å². The third-order valence-electron chi connectivity index (χ3n) is 2.64. The molecule has 0 aromatic heterocycles. The van der Waals surface area contributed by atoms with Crippen molar-refractivity contribution in [1.82, 2.24) is 0 Å². The number of amides is 1. The molecule has 0 aliphatic rings. The number of halogens is 3. The highest BCUT2D eigenvalue weighted by atomic mass is 79.9. The molecule has 0 saturated carbocycles. The molecule has 21 heavy (non-hydrogen) atoms. The highest BCUT2D eigenvalue weighted by Crippen LogP contribution is 2.25. The van der Waals surface area contributed by atoms with E-state index in [0.29, 0.717) is 8.95 Å². The second-order valence-electron chi connectivity index (χ2n) is 4.08. The second-order valence-corrected chi connectivity index (χ2v) is 5.85. The van der Waals surface area contributed by atoms with Gasteiger partial charge in [-0.05, 0) is 52.3 Å². The van der Waals surface area contributed by atoms with Gasteiger partial charge in [-0.2, -0.15) is 0 Å². The van der Waals surface area contributed by atoms with Crippen LogP contribution in [0.5, 0.6) is 0 Å². The van der Waals surface area contributed by atoms with Crippen molar-refractivity contribution in [2.75, 3.05) is 5.32 Å². The summed E-state index contributed by atoms with van der Waals surface area (Å²) in [5.74, 6) is -2.46. The molecular weight excluding hydrogens is 409 g/mol. The average Bonchev–Trinajstić information content (AvgIpc) is 2.40. The normalized spacial score (nSPS) is 10.2. The molecule has 2 aromatic carbocycles. The Labute approximate surface area is 136 Å². The molecule has 0 radical (unpaired) electrons. The van der Waals surface area contributed by atoms with Crippen LogP contribution < -0.4 is 5.32 Å². The van der Waals surface area contributed by atoms with E-state index in [-0.39, 0.29) is 16.8 Å². The summed E-state index contributed by atoms with van der Waals surface area (Å²) in [4.78, 5) is 23.0. The molecule has 0 aliphatic heterocycles. The van der Waals surface area contributed by atoms with E-state index in [1.165, 1.54) is 30.3 Å². The van der Waals surface area contributed by atoms with Crippen LogP contribution in [0.1, 0.15) is 20.7 Å². The van der Waals surface area contributed by atoms with Crippen molar-refractivity contribution in [2.24, 2.45) is 0 Å². The number of hydrogen-bond donors (Lipinski definition) is 2. The molecule has 0 heterocycles. The third-order valence-corrected chi connectivity index (χ3v) is 3.82. The standard InChI is InChI=1S/C14H8Br2FNO3/c15-8-2-3-9(11(17)6-8)13(19)18-12-5-7(14(20)21)1-4-10(12)16/h1-6H,(H,18,19)(H,20,21). The first kappa shape index (κ1) is 15.7. The Kier molecular flexibility index (Phi) is 4.74. The SMILES string of the molecule is O=C(O)c1ccc(Br)c(NC(=O)c2ccc(Br)cc2F)c1. The van der Waals surface area contributed by atoms with Crippen molar-refractivity contribution in [2.45, 2.75) is 0 Å². The van der Waals surface area contributed by atoms with Crippen LogP contribution in [0.2, 0.25) is 0 Å². The average molecular weight is 417 g/mol. The van der Waals surface area contributed by atoms with E-state index < -0.39 is 17.7 Å². The lowest BCUT2D eigenvalue weighted by Gasteiger charge is -2.09. The summed E-state index contributed by atoms with van der Waals surface area (Å²) in [6.45, 7) is 0. The Morgan fingerprint density at radius 3 is 2.43 bits per heavy atom. The van der Waals surface area contributed by atoms with Gasteiger partial charge in [0.05, 0.1) is 16.8 Å². The summed E-state index contributed by atoms with van der Waals surface area (Å²) < 4.78 is 14.7. The summed E-state index contributed by atoms with van der Waals surface area (Å²) in [5.41, 5.74) is 0.137. The van der Waals surface area contributed by atoms with E-state index in [2.05, 4.69) is 37.2 Å². The lowest BCUT2D eigenvalue weighted by molar-refractivity contribution is 0.0696. The van der Waals surface area contributed by atoms with Crippen LogP contribution in [0, 0.1) is 5.82 Å². The molecule has 4 nitrogen and oxygen atoms in total. The van der Waals surface area contributed by atoms with Crippen LogP contribution in [0.3, 0.4) is 0 Å². The maximum absolute atomic E-state index is 13.7. The maximum atomic E-state index is 13.7. The maximum Gasteiger partial charge on any atom is 0.335 e. The highest BCUT2D eigenvalue weighted by Gasteiger charge is 2.14. The van der Waals surface area contributed by atoms with E-state index in [0.717, 1.165) is 0 Å². The van der Waals surface area contributed by atoms with Gasteiger partial charge in [-0.3, -0.25) is 4.79 Å². The minimum Gasteiger partial charge on any atom is -0.478 e. The minimum atomic E-state index is -1.12. The van der Waals surface area contributed by atoms with E-state index in [4.69, 9.17) is 5.11 Å². The van der Waals surface area contributed by atoms with Crippen LogP contribution in [0.15, 0.2) is 45.3 Å². The summed E-state index contributed by atoms with van der Waals surface area (Å²) >= 11 is 6.31. The largest absolute Gasteiger partial charge is 0.478 e. The first-order valence-electron chi connectivity index (χ1n) is 5.67. The zero-order chi connectivity index (χ0) is 15.6. The Morgan fingerprint density at radius 2 is 1.81 bits per heavy atom. The van der Waals surface area contributed by atoms with Gasteiger partial charge >= 0.3 is 5.97 Å². The fourth-order valence-electron chi connectivity index (χ4n) is 1.62. The zero-order valence-electron chi connectivity index (χ0n) is 10.4. The molecule has 1 amide bonds. The van der Waals surface area contributed by atoms with Crippen molar-refractivity contribution in [3.05, 3.63) is 62.3 Å². The summed E-state index contributed by atoms with van der Waals surface area (Å²) in [6.07, 6.45) is 0. The first-order valence-corrected chi connectivity index (χ1v) is 7.26. The van der Waals surface area contributed by atoms with E-state index in [1.807, 2.05) is 0 Å². The molecule has 0 fully saturated rings. The fourth-order valence-corrected chi connectivity index (χ4v) is 2.30. The van der Waals surface area contributed by atoms with Crippen LogP contribution in [-0.2, 0) is 0 Å². The molecule has 0 unspecified atom stereocenters. The molecular formula is C14H8Br2FNO3. The van der Waals surface area contributed by atoms with Crippen molar-refractivity contribution in [1.29, 1.82) is 0 Å². The van der Waals surface area contributed by atoms with Gasteiger partial charge in [0.25, 0.3) is 5.91 Å². The number of carbonyl (C=O) groups is 2. The van der Waals surface area contributed by atoms with Gasteiger partial charge < -0.3 is 10.4 Å². The van der Waals surface area contributed by atoms with E-state index >= 15 is 0 Å². The van der Waals surface area contributed by atoms with Crippen LogP contribution >= 0.6 is 31.9 Å². The van der Waals surface area contributed by atoms with Gasteiger partial charge in [-0.25, -0.2) is 9.18 Å². The first-order chi connectivity index (χ1) is 9.88. The Hall–Kier alpha value is -1.73. The van der Waals surface area contributed by atoms with Crippen molar-refractivity contribution in [3.8, 4) is 0 Å². The number of benzene rings is 2. The Balaban J connectivity index is 2.31. The number of aromatic carboxylic acids is 1. The summed E-state index contributed by atoms with van der Waals surface area (Å²) in [5, 5.41) is 11.4. The fraction of sp³-hybridized carbons (Fsp3) is 0. The van der Waals surface area contributed by atoms with E-state index in [1.54, 1.807) is 6.07 Å².